The fourth-order valence-electron chi connectivity index (χ4n) is 3.57. The molecule has 1 nitrogen and oxygen atoms in total. The first-order valence-electron chi connectivity index (χ1n) is 7.82. The van der Waals surface area contributed by atoms with Gasteiger partial charge in [0.1, 0.15) is 0 Å². The molecule has 3 aromatic rings. The summed E-state index contributed by atoms with van der Waals surface area (Å²) in [6.45, 7) is 0. The van der Waals surface area contributed by atoms with Crippen molar-refractivity contribution in [2.45, 2.75) is 12.8 Å². The third kappa shape index (κ3) is 2.01. The summed E-state index contributed by atoms with van der Waals surface area (Å²) in [5.41, 5.74) is 8.29. The van der Waals surface area contributed by atoms with Gasteiger partial charge in [-0.15, -0.1) is 0 Å². The molecule has 0 aliphatic heterocycles. The molecule has 0 radical (unpaired) electrons. The van der Waals surface area contributed by atoms with Gasteiger partial charge in [0, 0.05) is 7.05 Å². The van der Waals surface area contributed by atoms with E-state index in [4.69, 9.17) is 0 Å². The minimum absolute atomic E-state index is 1.03. The summed E-state index contributed by atoms with van der Waals surface area (Å²) < 4.78 is 2.38. The molecule has 0 N–H and O–H groups in total. The molecule has 0 unspecified atom stereocenters. The smallest absolute Gasteiger partial charge is 0.0521 e. The predicted molar refractivity (Wildman–Crippen MR) is 92.8 cm³/mol. The Kier molecular flexibility index (Phi) is 3.19. The largest absolute Gasteiger partial charge is 0.343 e. The van der Waals surface area contributed by atoms with Crippen LogP contribution in [0.25, 0.3) is 22.5 Å². The van der Waals surface area contributed by atoms with Crippen LogP contribution in [0.15, 0.2) is 72.8 Å². The van der Waals surface area contributed by atoms with Gasteiger partial charge in [0.05, 0.1) is 11.4 Å². The monoisotopic (exact) mass is 285 g/mol. The number of allylic oxidation sites excluding steroid dienone is 2. The van der Waals surface area contributed by atoms with E-state index in [1.54, 1.807) is 0 Å². The minimum atomic E-state index is 1.03. The highest BCUT2D eigenvalue weighted by Gasteiger charge is 2.22. The van der Waals surface area contributed by atoms with Gasteiger partial charge in [-0.25, -0.2) is 0 Å². The molecule has 108 valence electrons. The number of aromatic nitrogens is 1. The molecule has 0 amide bonds. The summed E-state index contributed by atoms with van der Waals surface area (Å²) in [6, 6.07) is 21.5. The Balaban J connectivity index is 2.00. The van der Waals surface area contributed by atoms with Crippen molar-refractivity contribution in [1.82, 2.24) is 4.57 Å². The molecule has 0 bridgehead atoms. The van der Waals surface area contributed by atoms with Gasteiger partial charge in [-0.05, 0) is 35.1 Å². The topological polar surface area (TPSA) is 4.93 Å². The maximum absolute atomic E-state index is 2.38. The fourth-order valence-corrected chi connectivity index (χ4v) is 3.57. The molecule has 22 heavy (non-hydrogen) atoms. The van der Waals surface area contributed by atoms with Gasteiger partial charge in [-0.1, -0.05) is 72.8 Å². The summed E-state index contributed by atoms with van der Waals surface area (Å²) >= 11 is 0. The Bertz CT molecular complexity index is 754. The zero-order chi connectivity index (χ0) is 14.9. The van der Waals surface area contributed by atoms with Crippen molar-refractivity contribution in [3.63, 3.8) is 0 Å². The molecule has 1 aliphatic rings. The highest BCUT2D eigenvalue weighted by molar-refractivity contribution is 5.78. The number of rotatable bonds is 2. The van der Waals surface area contributed by atoms with Crippen molar-refractivity contribution in [3.05, 3.63) is 83.9 Å². The Morgan fingerprint density at radius 1 is 0.636 bits per heavy atom. The van der Waals surface area contributed by atoms with Gasteiger partial charge in [0.25, 0.3) is 0 Å². The molecule has 2 aromatic carbocycles. The van der Waals surface area contributed by atoms with Gasteiger partial charge in [0.15, 0.2) is 0 Å². The highest BCUT2D eigenvalue weighted by atomic mass is 15.0. The molecule has 1 aliphatic carbocycles. The molecule has 0 fully saturated rings. The van der Waals surface area contributed by atoms with Crippen LogP contribution < -0.4 is 0 Å². The van der Waals surface area contributed by atoms with Crippen molar-refractivity contribution in [2.75, 3.05) is 0 Å². The molecule has 1 aromatic heterocycles. The van der Waals surface area contributed by atoms with E-state index in [0.29, 0.717) is 0 Å². The van der Waals surface area contributed by atoms with Gasteiger partial charge >= 0.3 is 0 Å². The summed E-state index contributed by atoms with van der Waals surface area (Å²) in [6.07, 6.45) is 6.65. The van der Waals surface area contributed by atoms with Crippen LogP contribution in [0, 0.1) is 0 Å². The summed E-state index contributed by atoms with van der Waals surface area (Å²) in [7, 11) is 2.20. The molecule has 0 spiro atoms. The van der Waals surface area contributed by atoms with E-state index in [1.807, 2.05) is 0 Å². The van der Waals surface area contributed by atoms with Gasteiger partial charge in [-0.2, -0.15) is 0 Å². The van der Waals surface area contributed by atoms with Crippen LogP contribution in [0.1, 0.15) is 11.1 Å². The van der Waals surface area contributed by atoms with Crippen LogP contribution in [-0.4, -0.2) is 4.57 Å². The first kappa shape index (κ1) is 13.1. The average Bonchev–Trinajstić information content (AvgIpc) is 2.88. The minimum Gasteiger partial charge on any atom is -0.343 e. The van der Waals surface area contributed by atoms with Crippen molar-refractivity contribution in [3.8, 4) is 22.5 Å². The molecular weight excluding hydrogens is 266 g/mol. The lowest BCUT2D eigenvalue weighted by Gasteiger charge is -2.09. The summed E-state index contributed by atoms with van der Waals surface area (Å²) in [5.74, 6) is 0. The molecule has 4 rings (SSSR count). The van der Waals surface area contributed by atoms with Gasteiger partial charge in [0.2, 0.25) is 0 Å². The quantitative estimate of drug-likeness (QED) is 0.583. The molecule has 0 atom stereocenters. The summed E-state index contributed by atoms with van der Waals surface area (Å²) in [5, 5.41) is 0. The van der Waals surface area contributed by atoms with Crippen molar-refractivity contribution in [1.29, 1.82) is 0 Å². The van der Waals surface area contributed by atoms with Gasteiger partial charge < -0.3 is 4.57 Å². The Hall–Kier alpha value is -2.54. The Labute approximate surface area is 131 Å². The number of benzene rings is 2. The zero-order valence-corrected chi connectivity index (χ0v) is 12.8. The van der Waals surface area contributed by atoms with Crippen LogP contribution in [-0.2, 0) is 19.9 Å². The molecular formula is C21H19N. The van der Waals surface area contributed by atoms with Crippen LogP contribution in [0.5, 0.6) is 0 Å². The second-order valence-electron chi connectivity index (χ2n) is 5.83. The van der Waals surface area contributed by atoms with E-state index < -0.39 is 0 Å². The number of nitrogens with zero attached hydrogens (tertiary/aromatic N) is 1. The van der Waals surface area contributed by atoms with Crippen LogP contribution in [0.3, 0.4) is 0 Å². The van der Waals surface area contributed by atoms with E-state index in [1.165, 1.54) is 33.6 Å². The summed E-state index contributed by atoms with van der Waals surface area (Å²) in [4.78, 5) is 0. The van der Waals surface area contributed by atoms with Crippen molar-refractivity contribution < 1.29 is 0 Å². The van der Waals surface area contributed by atoms with Gasteiger partial charge in [-0.3, -0.25) is 0 Å². The number of hydrogen-bond donors (Lipinski definition) is 0. The molecule has 1 heterocycles. The van der Waals surface area contributed by atoms with E-state index in [2.05, 4.69) is 84.4 Å². The van der Waals surface area contributed by atoms with E-state index in [9.17, 15) is 0 Å². The third-order valence-electron chi connectivity index (χ3n) is 4.51. The fraction of sp³-hybridized carbons (Fsp3) is 0.143. The first-order valence-corrected chi connectivity index (χ1v) is 7.82. The molecule has 0 saturated heterocycles. The SMILES string of the molecule is Cn1c(-c2ccccc2)c2c(c1-c1ccccc1)CC=CC2. The Morgan fingerprint density at radius 2 is 1.05 bits per heavy atom. The molecule has 0 saturated carbocycles. The standard InChI is InChI=1S/C21H19N/c1-22-20(16-10-4-2-5-11-16)18-14-8-9-15-19(18)21(22)17-12-6-3-7-13-17/h2-13H,14-15H2,1H3. The lowest BCUT2D eigenvalue weighted by molar-refractivity contribution is 0.939. The third-order valence-corrected chi connectivity index (χ3v) is 4.51. The maximum Gasteiger partial charge on any atom is 0.0521 e. The normalized spacial score (nSPS) is 13.1. The van der Waals surface area contributed by atoms with Crippen molar-refractivity contribution >= 4 is 0 Å². The first-order chi connectivity index (χ1) is 10.9. The lowest BCUT2D eigenvalue weighted by atomic mass is 9.93. The Morgan fingerprint density at radius 3 is 1.45 bits per heavy atom. The lowest BCUT2D eigenvalue weighted by Crippen LogP contribution is -1.96. The van der Waals surface area contributed by atoms with Crippen LogP contribution >= 0.6 is 0 Å². The van der Waals surface area contributed by atoms with E-state index in [-0.39, 0.29) is 0 Å². The zero-order valence-electron chi connectivity index (χ0n) is 12.8. The number of hydrogen-bond acceptors (Lipinski definition) is 0. The number of fused-ring (bicyclic) bond motifs is 1. The van der Waals surface area contributed by atoms with Crippen molar-refractivity contribution in [2.24, 2.45) is 7.05 Å². The average molecular weight is 285 g/mol. The van der Waals surface area contributed by atoms with Crippen LogP contribution in [0.2, 0.25) is 0 Å². The van der Waals surface area contributed by atoms with E-state index in [0.717, 1.165) is 12.8 Å². The second kappa shape index (κ2) is 5.34. The maximum atomic E-state index is 2.38. The van der Waals surface area contributed by atoms with Crippen LogP contribution in [0.4, 0.5) is 0 Å². The highest BCUT2D eigenvalue weighted by Crippen LogP contribution is 2.38. The second-order valence-corrected chi connectivity index (χ2v) is 5.83. The molecule has 1 heteroatoms. The van der Waals surface area contributed by atoms with E-state index >= 15 is 0 Å². The predicted octanol–water partition coefficient (Wildman–Crippen LogP) is 5.01.